The summed E-state index contributed by atoms with van der Waals surface area (Å²) >= 11 is 0. The fraction of sp³-hybridized carbons (Fsp3) is 0.700. The summed E-state index contributed by atoms with van der Waals surface area (Å²) in [6.45, 7) is 1.54. The van der Waals surface area contributed by atoms with E-state index in [9.17, 15) is 10.1 Å². The molecule has 1 fully saturated rings. The van der Waals surface area contributed by atoms with Crippen LogP contribution in [0.3, 0.4) is 0 Å². The highest BCUT2D eigenvalue weighted by molar-refractivity contribution is 5.06. The van der Waals surface area contributed by atoms with E-state index in [0.717, 1.165) is 25.9 Å². The second-order valence-electron chi connectivity index (χ2n) is 3.84. The van der Waals surface area contributed by atoms with E-state index in [1.807, 2.05) is 0 Å². The summed E-state index contributed by atoms with van der Waals surface area (Å²) < 4.78 is 12.4. The lowest BCUT2D eigenvalue weighted by atomic mass is 10.2. The maximum Gasteiger partial charge on any atom is 0.434 e. The minimum atomic E-state index is -0.503. The van der Waals surface area contributed by atoms with Gasteiger partial charge in [-0.1, -0.05) is 4.98 Å². The van der Waals surface area contributed by atoms with Gasteiger partial charge < -0.3 is 19.6 Å². The number of imidazole rings is 1. The average Bonchev–Trinajstić information content (AvgIpc) is 2.79. The Morgan fingerprint density at radius 1 is 1.65 bits per heavy atom. The summed E-state index contributed by atoms with van der Waals surface area (Å²) in [7, 11) is 0. The molecule has 94 valence electrons. The molecule has 0 saturated carbocycles. The van der Waals surface area contributed by atoms with E-state index < -0.39 is 4.92 Å². The van der Waals surface area contributed by atoms with Crippen LogP contribution in [0.2, 0.25) is 0 Å². The fourth-order valence-electron chi connectivity index (χ4n) is 1.77. The predicted octanol–water partition coefficient (Wildman–Crippen LogP) is 1.33. The molecule has 2 heterocycles. The smallest absolute Gasteiger partial charge is 0.390 e. The molecule has 0 N–H and O–H groups in total. The van der Waals surface area contributed by atoms with E-state index in [-0.39, 0.29) is 12.2 Å². The Labute approximate surface area is 98.5 Å². The molecule has 0 spiro atoms. The summed E-state index contributed by atoms with van der Waals surface area (Å²) in [5.41, 5.74) is 0. The van der Waals surface area contributed by atoms with Gasteiger partial charge in [-0.3, -0.25) is 0 Å². The second-order valence-corrected chi connectivity index (χ2v) is 3.84. The van der Waals surface area contributed by atoms with Crippen LogP contribution < -0.4 is 0 Å². The van der Waals surface area contributed by atoms with E-state index in [1.54, 1.807) is 6.20 Å². The van der Waals surface area contributed by atoms with Gasteiger partial charge in [0.1, 0.15) is 12.4 Å². The largest absolute Gasteiger partial charge is 0.434 e. The molecule has 1 aliphatic heterocycles. The summed E-state index contributed by atoms with van der Waals surface area (Å²) in [6, 6.07) is 0. The second kappa shape index (κ2) is 5.74. The van der Waals surface area contributed by atoms with Crippen molar-refractivity contribution in [3.63, 3.8) is 0 Å². The quantitative estimate of drug-likeness (QED) is 0.574. The van der Waals surface area contributed by atoms with Crippen LogP contribution in [0.5, 0.6) is 0 Å². The van der Waals surface area contributed by atoms with Crippen LogP contribution >= 0.6 is 0 Å². The first-order chi connectivity index (χ1) is 8.27. The van der Waals surface area contributed by atoms with Crippen LogP contribution in [0.25, 0.3) is 0 Å². The van der Waals surface area contributed by atoms with Crippen molar-refractivity contribution in [2.24, 2.45) is 0 Å². The molecule has 7 heteroatoms. The lowest BCUT2D eigenvalue weighted by Crippen LogP contribution is -2.24. The van der Waals surface area contributed by atoms with Crippen molar-refractivity contribution in [3.05, 3.63) is 22.5 Å². The summed E-state index contributed by atoms with van der Waals surface area (Å²) in [4.78, 5) is 13.8. The molecule has 1 aromatic rings. The Kier molecular flexibility index (Phi) is 4.05. The monoisotopic (exact) mass is 241 g/mol. The van der Waals surface area contributed by atoms with Crippen LogP contribution in [-0.4, -0.2) is 34.0 Å². The molecule has 0 bridgehead atoms. The molecule has 2 rings (SSSR count). The van der Waals surface area contributed by atoms with Crippen LogP contribution in [0, 0.1) is 10.1 Å². The molecule has 0 aromatic carbocycles. The minimum absolute atomic E-state index is 0.154. The molecule has 1 saturated heterocycles. The first kappa shape index (κ1) is 12.0. The SMILES string of the molecule is O=[N+]([O-])c1nccn1CCO[C@H]1CCCCO1. The molecular weight excluding hydrogens is 226 g/mol. The Hall–Kier alpha value is -1.47. The van der Waals surface area contributed by atoms with Crippen molar-refractivity contribution in [3.8, 4) is 0 Å². The number of rotatable bonds is 5. The molecule has 0 radical (unpaired) electrons. The first-order valence-electron chi connectivity index (χ1n) is 5.66. The third kappa shape index (κ3) is 3.24. The maximum atomic E-state index is 10.6. The number of hydrogen-bond acceptors (Lipinski definition) is 5. The van der Waals surface area contributed by atoms with Gasteiger partial charge in [-0.2, -0.15) is 0 Å². The summed E-state index contributed by atoms with van der Waals surface area (Å²) in [5, 5.41) is 10.6. The fourth-order valence-corrected chi connectivity index (χ4v) is 1.77. The highest BCUT2D eigenvalue weighted by atomic mass is 16.7. The Bertz CT molecular complexity index is 373. The van der Waals surface area contributed by atoms with Crippen LogP contribution in [0.4, 0.5) is 5.95 Å². The highest BCUT2D eigenvalue weighted by Crippen LogP contribution is 2.14. The van der Waals surface area contributed by atoms with Gasteiger partial charge >= 0.3 is 5.95 Å². The van der Waals surface area contributed by atoms with Gasteiger partial charge in [-0.15, -0.1) is 0 Å². The van der Waals surface area contributed by atoms with E-state index in [1.165, 1.54) is 10.8 Å². The number of hydrogen-bond donors (Lipinski definition) is 0. The van der Waals surface area contributed by atoms with E-state index in [2.05, 4.69) is 4.98 Å². The minimum Gasteiger partial charge on any atom is -0.390 e. The van der Waals surface area contributed by atoms with Crippen molar-refractivity contribution in [1.29, 1.82) is 0 Å². The molecule has 17 heavy (non-hydrogen) atoms. The molecule has 1 aromatic heterocycles. The predicted molar refractivity (Wildman–Crippen MR) is 58.4 cm³/mol. The number of nitro groups is 1. The molecular formula is C10H15N3O4. The van der Waals surface area contributed by atoms with Crippen LogP contribution in [0.15, 0.2) is 12.4 Å². The molecule has 0 aliphatic carbocycles. The molecule has 1 atom stereocenters. The Balaban J connectivity index is 1.77. The van der Waals surface area contributed by atoms with E-state index in [0.29, 0.717) is 13.2 Å². The number of nitrogens with zero attached hydrogens (tertiary/aromatic N) is 3. The lowest BCUT2D eigenvalue weighted by molar-refractivity contribution is -0.396. The lowest BCUT2D eigenvalue weighted by Gasteiger charge is -2.22. The zero-order valence-electron chi connectivity index (χ0n) is 9.45. The normalized spacial score (nSPS) is 20.4. The Morgan fingerprint density at radius 3 is 3.24 bits per heavy atom. The van der Waals surface area contributed by atoms with Crippen molar-refractivity contribution >= 4 is 5.95 Å². The standard InChI is InChI=1S/C10H15N3O4/c14-13(15)10-11-4-5-12(10)6-8-17-9-3-1-2-7-16-9/h4-5,9H,1-3,6-8H2/t9-/m0/s1. The van der Waals surface area contributed by atoms with Gasteiger partial charge in [0.25, 0.3) is 0 Å². The highest BCUT2D eigenvalue weighted by Gasteiger charge is 2.16. The van der Waals surface area contributed by atoms with Gasteiger partial charge in [0.05, 0.1) is 13.2 Å². The van der Waals surface area contributed by atoms with Crippen molar-refractivity contribution in [2.75, 3.05) is 13.2 Å². The zero-order valence-corrected chi connectivity index (χ0v) is 9.45. The van der Waals surface area contributed by atoms with Crippen LogP contribution in [-0.2, 0) is 16.0 Å². The van der Waals surface area contributed by atoms with E-state index in [4.69, 9.17) is 9.47 Å². The van der Waals surface area contributed by atoms with E-state index >= 15 is 0 Å². The van der Waals surface area contributed by atoms with Gasteiger partial charge in [0, 0.05) is 6.61 Å². The number of aromatic nitrogens is 2. The van der Waals surface area contributed by atoms with Crippen LogP contribution in [0.1, 0.15) is 19.3 Å². The third-order valence-corrected chi connectivity index (χ3v) is 2.63. The number of ether oxygens (including phenoxy) is 2. The van der Waals surface area contributed by atoms with Crippen molar-refractivity contribution in [1.82, 2.24) is 9.55 Å². The van der Waals surface area contributed by atoms with Gasteiger partial charge in [-0.05, 0) is 24.2 Å². The first-order valence-corrected chi connectivity index (χ1v) is 5.66. The van der Waals surface area contributed by atoms with Gasteiger partial charge in [-0.25, -0.2) is 4.57 Å². The average molecular weight is 241 g/mol. The molecule has 7 nitrogen and oxygen atoms in total. The summed E-state index contributed by atoms with van der Waals surface area (Å²) in [5.74, 6) is -0.154. The Morgan fingerprint density at radius 2 is 2.53 bits per heavy atom. The van der Waals surface area contributed by atoms with Crippen molar-refractivity contribution < 1.29 is 14.4 Å². The molecule has 0 amide bonds. The summed E-state index contributed by atoms with van der Waals surface area (Å²) in [6.07, 6.45) is 5.90. The maximum absolute atomic E-state index is 10.6. The molecule has 0 unspecified atom stereocenters. The zero-order chi connectivity index (χ0) is 12.1. The van der Waals surface area contributed by atoms with Crippen molar-refractivity contribution in [2.45, 2.75) is 32.1 Å². The third-order valence-electron chi connectivity index (χ3n) is 2.63. The topological polar surface area (TPSA) is 79.4 Å². The molecule has 1 aliphatic rings. The van der Waals surface area contributed by atoms with Gasteiger partial charge in [0.2, 0.25) is 0 Å². The van der Waals surface area contributed by atoms with Gasteiger partial charge in [0.15, 0.2) is 6.29 Å².